The molecular formula is C16H11FN2OS. The minimum atomic E-state index is -0.337. The smallest absolute Gasteiger partial charge is 0.268 e. The lowest BCUT2D eigenvalue weighted by Crippen LogP contribution is -2.11. The van der Waals surface area contributed by atoms with Crippen molar-refractivity contribution in [3.63, 3.8) is 0 Å². The van der Waals surface area contributed by atoms with Gasteiger partial charge in [0, 0.05) is 11.3 Å². The van der Waals surface area contributed by atoms with Crippen molar-refractivity contribution in [1.29, 1.82) is 0 Å². The summed E-state index contributed by atoms with van der Waals surface area (Å²) in [4.78, 5) is 17.1. The van der Waals surface area contributed by atoms with E-state index in [1.165, 1.54) is 35.6 Å². The van der Waals surface area contributed by atoms with Gasteiger partial charge in [-0.2, -0.15) is 0 Å². The van der Waals surface area contributed by atoms with Crippen LogP contribution in [-0.2, 0) is 0 Å². The molecule has 3 aromatic rings. The molecule has 0 aliphatic carbocycles. The molecule has 0 atom stereocenters. The maximum atomic E-state index is 12.9. The van der Waals surface area contributed by atoms with Gasteiger partial charge in [0.1, 0.15) is 10.7 Å². The van der Waals surface area contributed by atoms with Gasteiger partial charge in [-0.05, 0) is 24.3 Å². The highest BCUT2D eigenvalue weighted by Gasteiger charge is 2.16. The summed E-state index contributed by atoms with van der Waals surface area (Å²) >= 11 is 1.28. The molecule has 0 saturated heterocycles. The average molecular weight is 298 g/mol. The van der Waals surface area contributed by atoms with Gasteiger partial charge in [0.2, 0.25) is 0 Å². The number of nitrogens with one attached hydrogen (secondary N) is 1. The molecule has 0 unspecified atom stereocenters. The number of benzene rings is 2. The van der Waals surface area contributed by atoms with Crippen molar-refractivity contribution in [2.75, 3.05) is 5.32 Å². The van der Waals surface area contributed by atoms with E-state index in [-0.39, 0.29) is 11.7 Å². The van der Waals surface area contributed by atoms with Crippen molar-refractivity contribution < 1.29 is 9.18 Å². The van der Waals surface area contributed by atoms with Crippen molar-refractivity contribution in [1.82, 2.24) is 4.98 Å². The first-order valence-corrected chi connectivity index (χ1v) is 7.18. The SMILES string of the molecule is O=C(Nc1ccc(F)cc1)c1scnc1-c1ccccc1. The highest BCUT2D eigenvalue weighted by Crippen LogP contribution is 2.26. The van der Waals surface area contributed by atoms with Crippen LogP contribution in [0.1, 0.15) is 9.67 Å². The first kappa shape index (κ1) is 13.5. The Morgan fingerprint density at radius 2 is 1.76 bits per heavy atom. The lowest BCUT2D eigenvalue weighted by molar-refractivity contribution is 0.103. The Kier molecular flexibility index (Phi) is 3.75. The van der Waals surface area contributed by atoms with Crippen LogP contribution >= 0.6 is 11.3 Å². The van der Waals surface area contributed by atoms with Gasteiger partial charge in [-0.3, -0.25) is 4.79 Å². The maximum Gasteiger partial charge on any atom is 0.268 e. The third kappa shape index (κ3) is 2.98. The predicted octanol–water partition coefficient (Wildman–Crippen LogP) is 4.20. The number of thiazole rings is 1. The summed E-state index contributed by atoms with van der Waals surface area (Å²) in [6.07, 6.45) is 0. The second kappa shape index (κ2) is 5.85. The van der Waals surface area contributed by atoms with Gasteiger partial charge in [0.25, 0.3) is 5.91 Å². The standard InChI is InChI=1S/C16H11FN2OS/c17-12-6-8-13(9-7-12)19-16(20)15-14(18-10-21-15)11-4-2-1-3-5-11/h1-10H,(H,19,20). The van der Waals surface area contributed by atoms with Gasteiger partial charge in [-0.1, -0.05) is 30.3 Å². The number of rotatable bonds is 3. The van der Waals surface area contributed by atoms with Crippen LogP contribution in [0.25, 0.3) is 11.3 Å². The number of nitrogens with zero attached hydrogens (tertiary/aromatic N) is 1. The third-order valence-corrected chi connectivity index (χ3v) is 3.75. The number of amides is 1. The van der Waals surface area contributed by atoms with Crippen LogP contribution in [0, 0.1) is 5.82 Å². The van der Waals surface area contributed by atoms with Gasteiger partial charge in [-0.15, -0.1) is 11.3 Å². The van der Waals surface area contributed by atoms with Crippen molar-refractivity contribution >= 4 is 22.9 Å². The van der Waals surface area contributed by atoms with E-state index < -0.39 is 0 Å². The highest BCUT2D eigenvalue weighted by molar-refractivity contribution is 7.12. The van der Waals surface area contributed by atoms with Crippen LogP contribution in [0.3, 0.4) is 0 Å². The Hall–Kier alpha value is -2.53. The summed E-state index contributed by atoms with van der Waals surface area (Å²) < 4.78 is 12.9. The number of carbonyl (C=O) groups is 1. The zero-order valence-corrected chi connectivity index (χ0v) is 11.7. The Labute approximate surface area is 125 Å². The maximum absolute atomic E-state index is 12.9. The Balaban J connectivity index is 1.86. The highest BCUT2D eigenvalue weighted by atomic mass is 32.1. The molecule has 0 radical (unpaired) electrons. The Bertz CT molecular complexity index is 753. The molecule has 0 bridgehead atoms. The van der Waals surface area contributed by atoms with Crippen molar-refractivity contribution in [2.45, 2.75) is 0 Å². The molecule has 1 N–H and O–H groups in total. The minimum Gasteiger partial charge on any atom is -0.321 e. The van der Waals surface area contributed by atoms with Crippen molar-refractivity contribution in [3.05, 3.63) is 70.8 Å². The fourth-order valence-electron chi connectivity index (χ4n) is 1.93. The molecule has 1 heterocycles. The molecule has 21 heavy (non-hydrogen) atoms. The molecule has 104 valence electrons. The third-order valence-electron chi connectivity index (χ3n) is 2.92. The van der Waals surface area contributed by atoms with E-state index in [4.69, 9.17) is 0 Å². The monoisotopic (exact) mass is 298 g/mol. The van der Waals surface area contributed by atoms with Crippen molar-refractivity contribution in [2.24, 2.45) is 0 Å². The van der Waals surface area contributed by atoms with Gasteiger partial charge in [0.05, 0.1) is 11.2 Å². The second-order valence-corrected chi connectivity index (χ2v) is 5.21. The first-order valence-electron chi connectivity index (χ1n) is 6.30. The van der Waals surface area contributed by atoms with Crippen LogP contribution in [0.5, 0.6) is 0 Å². The molecule has 1 aromatic heterocycles. The van der Waals surface area contributed by atoms with E-state index in [1.807, 2.05) is 30.3 Å². The number of carbonyl (C=O) groups excluding carboxylic acids is 1. The van der Waals surface area contributed by atoms with Crippen LogP contribution < -0.4 is 5.32 Å². The summed E-state index contributed by atoms with van der Waals surface area (Å²) in [6, 6.07) is 15.2. The molecule has 3 nitrogen and oxygen atoms in total. The molecule has 0 saturated carbocycles. The van der Waals surface area contributed by atoms with E-state index in [0.717, 1.165) is 5.56 Å². The van der Waals surface area contributed by atoms with Crippen LogP contribution in [0.15, 0.2) is 60.1 Å². The molecule has 0 spiro atoms. The van der Waals surface area contributed by atoms with Gasteiger partial charge in [-0.25, -0.2) is 9.37 Å². The van der Waals surface area contributed by atoms with Gasteiger partial charge >= 0.3 is 0 Å². The number of hydrogen-bond acceptors (Lipinski definition) is 3. The normalized spacial score (nSPS) is 10.3. The zero-order valence-electron chi connectivity index (χ0n) is 10.9. The van der Waals surface area contributed by atoms with Crippen LogP contribution in [0.4, 0.5) is 10.1 Å². The molecule has 1 amide bonds. The summed E-state index contributed by atoms with van der Waals surface area (Å²) in [5.74, 6) is -0.585. The zero-order chi connectivity index (χ0) is 14.7. The topological polar surface area (TPSA) is 42.0 Å². The summed E-state index contributed by atoms with van der Waals surface area (Å²) in [5.41, 5.74) is 3.74. The minimum absolute atomic E-state index is 0.247. The average Bonchev–Trinajstić information content (AvgIpc) is 3.00. The van der Waals surface area contributed by atoms with E-state index in [9.17, 15) is 9.18 Å². The second-order valence-electron chi connectivity index (χ2n) is 4.36. The van der Waals surface area contributed by atoms with E-state index in [0.29, 0.717) is 16.3 Å². The fraction of sp³-hybridized carbons (Fsp3) is 0. The van der Waals surface area contributed by atoms with E-state index >= 15 is 0 Å². The molecule has 5 heteroatoms. The molecule has 0 fully saturated rings. The van der Waals surface area contributed by atoms with Crippen molar-refractivity contribution in [3.8, 4) is 11.3 Å². The number of halogens is 1. The van der Waals surface area contributed by atoms with Crippen LogP contribution in [-0.4, -0.2) is 10.9 Å². The number of hydrogen-bond donors (Lipinski definition) is 1. The fourth-order valence-corrected chi connectivity index (χ4v) is 2.63. The largest absolute Gasteiger partial charge is 0.321 e. The lowest BCUT2D eigenvalue weighted by atomic mass is 10.1. The molecule has 0 aliphatic heterocycles. The molecule has 2 aromatic carbocycles. The molecular weight excluding hydrogens is 287 g/mol. The Morgan fingerprint density at radius 1 is 1.05 bits per heavy atom. The van der Waals surface area contributed by atoms with E-state index in [2.05, 4.69) is 10.3 Å². The Morgan fingerprint density at radius 3 is 2.48 bits per heavy atom. The molecule has 0 aliphatic rings. The van der Waals surface area contributed by atoms with E-state index in [1.54, 1.807) is 5.51 Å². The molecule has 3 rings (SSSR count). The van der Waals surface area contributed by atoms with Gasteiger partial charge in [0.15, 0.2) is 0 Å². The summed E-state index contributed by atoms with van der Waals surface area (Å²) in [5, 5.41) is 2.75. The first-order chi connectivity index (χ1) is 10.2. The van der Waals surface area contributed by atoms with Crippen LogP contribution in [0.2, 0.25) is 0 Å². The van der Waals surface area contributed by atoms with Gasteiger partial charge < -0.3 is 5.32 Å². The number of anilines is 1. The quantitative estimate of drug-likeness (QED) is 0.787. The lowest BCUT2D eigenvalue weighted by Gasteiger charge is -2.05. The number of aromatic nitrogens is 1. The summed E-state index contributed by atoms with van der Waals surface area (Å²) in [7, 11) is 0. The summed E-state index contributed by atoms with van der Waals surface area (Å²) in [6.45, 7) is 0. The predicted molar refractivity (Wildman–Crippen MR) is 81.9 cm³/mol.